The van der Waals surface area contributed by atoms with Gasteiger partial charge in [-0.15, -0.1) is 0 Å². The highest BCUT2D eigenvalue weighted by atomic mass is 16.7. The average molecular weight is 705 g/mol. The van der Waals surface area contributed by atoms with Crippen molar-refractivity contribution in [1.29, 1.82) is 0 Å². The third-order valence-corrected chi connectivity index (χ3v) is 8.17. The van der Waals surface area contributed by atoms with Crippen molar-refractivity contribution in [3.8, 4) is 28.7 Å². The fraction of sp³-hybridized carbons (Fsp3) is 0.256. The van der Waals surface area contributed by atoms with Crippen molar-refractivity contribution in [2.24, 2.45) is 0 Å². The normalized spacial score (nSPS) is 10.7. The summed E-state index contributed by atoms with van der Waals surface area (Å²) in [6.07, 6.45) is 7.74. The number of carbonyl (C=O) groups excluding carboxylic acids is 2. The van der Waals surface area contributed by atoms with Crippen molar-refractivity contribution < 1.29 is 42.7 Å². The second-order valence-electron chi connectivity index (χ2n) is 11.9. The lowest BCUT2D eigenvalue weighted by Crippen LogP contribution is -2.10. The van der Waals surface area contributed by atoms with Crippen LogP contribution in [0.2, 0.25) is 0 Å². The average Bonchev–Trinajstić information content (AvgIpc) is 3.16. The summed E-state index contributed by atoms with van der Waals surface area (Å²) < 4.78 is 39.2. The number of ether oxygens (including phenoxy) is 7. The van der Waals surface area contributed by atoms with Gasteiger partial charge in [-0.2, -0.15) is 0 Å². The number of hydrogen-bond donors (Lipinski definition) is 0. The van der Waals surface area contributed by atoms with Crippen molar-refractivity contribution in [1.82, 2.24) is 0 Å². The molecule has 9 heteroatoms. The van der Waals surface area contributed by atoms with Gasteiger partial charge < -0.3 is 33.2 Å². The smallest absolute Gasteiger partial charge is 0.343 e. The maximum Gasteiger partial charge on any atom is 0.343 e. The maximum atomic E-state index is 13.2. The number of aryl methyl sites for hydroxylation is 1. The first-order valence-corrected chi connectivity index (χ1v) is 17.4. The molecule has 0 atom stereocenters. The molecular weight excluding hydrogens is 660 g/mol. The second kappa shape index (κ2) is 19.4. The summed E-state index contributed by atoms with van der Waals surface area (Å²) in [5, 5.41) is 3.88. The Morgan fingerprint density at radius 3 is 1.81 bits per heavy atom. The van der Waals surface area contributed by atoms with Gasteiger partial charge in [-0.05, 0) is 126 Å². The molecule has 5 aromatic carbocycles. The molecule has 9 nitrogen and oxygen atoms in total. The van der Waals surface area contributed by atoms with Crippen molar-refractivity contribution >= 4 is 33.5 Å². The van der Waals surface area contributed by atoms with Crippen LogP contribution in [0.15, 0.2) is 116 Å². The first kappa shape index (κ1) is 37.3. The molecule has 0 fully saturated rings. The number of fused-ring (bicyclic) bond motifs is 2. The van der Waals surface area contributed by atoms with E-state index in [1.165, 1.54) is 12.3 Å². The highest BCUT2D eigenvalue weighted by Crippen LogP contribution is 2.29. The van der Waals surface area contributed by atoms with Crippen LogP contribution in [-0.2, 0) is 20.7 Å². The summed E-state index contributed by atoms with van der Waals surface area (Å²) in [5.74, 6) is 2.43. The van der Waals surface area contributed by atoms with Gasteiger partial charge in [0, 0.05) is 6.08 Å². The number of benzene rings is 5. The van der Waals surface area contributed by atoms with Gasteiger partial charge in [-0.25, -0.2) is 9.59 Å². The Hall–Kier alpha value is -5.96. The van der Waals surface area contributed by atoms with Gasteiger partial charge in [0.1, 0.15) is 28.7 Å². The van der Waals surface area contributed by atoms with Crippen LogP contribution in [0.5, 0.6) is 28.7 Å². The summed E-state index contributed by atoms with van der Waals surface area (Å²) in [4.78, 5) is 24.3. The van der Waals surface area contributed by atoms with Gasteiger partial charge >= 0.3 is 11.9 Å². The van der Waals surface area contributed by atoms with Crippen molar-refractivity contribution in [3.05, 3.63) is 128 Å². The quantitative estimate of drug-likeness (QED) is 0.0185. The van der Waals surface area contributed by atoms with E-state index in [0.29, 0.717) is 48.2 Å². The Morgan fingerprint density at radius 2 is 1.17 bits per heavy atom. The van der Waals surface area contributed by atoms with E-state index in [-0.39, 0.29) is 19.6 Å². The van der Waals surface area contributed by atoms with Crippen LogP contribution in [0.1, 0.15) is 54.9 Å². The number of rotatable bonds is 21. The Morgan fingerprint density at radius 1 is 0.615 bits per heavy atom. The molecule has 0 unspecified atom stereocenters. The SMILES string of the molecule is C=COCOc1ccc2cc(OCOc3ccc(OC(=O)c4ccc5cc(OCCCCCCOC(=O)C=C)ccc5c4)c(CCC)c3)ccc2c1. The zero-order valence-electron chi connectivity index (χ0n) is 29.5. The molecule has 5 aromatic rings. The van der Waals surface area contributed by atoms with E-state index in [2.05, 4.69) is 20.1 Å². The Bertz CT molecular complexity index is 1980. The first-order chi connectivity index (χ1) is 25.4. The second-order valence-corrected chi connectivity index (χ2v) is 11.9. The topological polar surface area (TPSA) is 98.8 Å². The van der Waals surface area contributed by atoms with Crippen molar-refractivity contribution in [2.75, 3.05) is 26.8 Å². The fourth-order valence-electron chi connectivity index (χ4n) is 5.49. The summed E-state index contributed by atoms with van der Waals surface area (Å²) in [5.41, 5.74) is 1.33. The standard InChI is InChI=1S/C43H44O9/c1-4-11-35-28-40(51-30-50-39-19-16-33-26-38(49-29-46-6-3)18-15-34(33)27-39)20-21-41(35)52-43(45)36-13-12-32-25-37(17-14-31(32)24-36)47-22-9-7-8-10-23-48-42(44)5-2/h5-6,12-21,24-28H,2-4,7-11,22-23,29-30H2,1H3. The van der Waals surface area contributed by atoms with Gasteiger partial charge in [-0.1, -0.05) is 50.8 Å². The maximum absolute atomic E-state index is 13.2. The molecule has 0 radical (unpaired) electrons. The minimum atomic E-state index is -0.434. The van der Waals surface area contributed by atoms with E-state index < -0.39 is 5.97 Å². The van der Waals surface area contributed by atoms with E-state index in [4.69, 9.17) is 33.2 Å². The summed E-state index contributed by atoms with van der Waals surface area (Å²) in [6.45, 7) is 10.1. The van der Waals surface area contributed by atoms with Gasteiger partial charge in [0.15, 0.2) is 0 Å². The van der Waals surface area contributed by atoms with Crippen LogP contribution in [-0.4, -0.2) is 38.7 Å². The first-order valence-electron chi connectivity index (χ1n) is 17.4. The highest BCUT2D eigenvalue weighted by molar-refractivity contribution is 5.97. The molecule has 0 spiro atoms. The molecule has 0 saturated carbocycles. The summed E-state index contributed by atoms with van der Waals surface area (Å²) in [6, 6.07) is 28.2. The van der Waals surface area contributed by atoms with Crippen LogP contribution in [0, 0.1) is 0 Å². The number of carbonyl (C=O) groups is 2. The molecule has 0 aliphatic rings. The molecule has 5 rings (SSSR count). The zero-order valence-corrected chi connectivity index (χ0v) is 29.5. The van der Waals surface area contributed by atoms with Crippen LogP contribution in [0.25, 0.3) is 21.5 Å². The molecule has 0 saturated heterocycles. The monoisotopic (exact) mass is 704 g/mol. The van der Waals surface area contributed by atoms with E-state index >= 15 is 0 Å². The van der Waals surface area contributed by atoms with Crippen LogP contribution in [0.4, 0.5) is 0 Å². The third-order valence-electron chi connectivity index (χ3n) is 8.17. The van der Waals surface area contributed by atoms with Crippen LogP contribution < -0.4 is 23.7 Å². The summed E-state index contributed by atoms with van der Waals surface area (Å²) >= 11 is 0. The van der Waals surface area contributed by atoms with Crippen LogP contribution in [0.3, 0.4) is 0 Å². The molecule has 52 heavy (non-hydrogen) atoms. The molecular formula is C43H44O9. The summed E-state index contributed by atoms with van der Waals surface area (Å²) in [7, 11) is 0. The van der Waals surface area contributed by atoms with Crippen LogP contribution >= 0.6 is 0 Å². The lowest BCUT2D eigenvalue weighted by Gasteiger charge is -2.14. The zero-order chi connectivity index (χ0) is 36.5. The number of esters is 2. The van der Waals surface area contributed by atoms with E-state index in [0.717, 1.165) is 65.0 Å². The highest BCUT2D eigenvalue weighted by Gasteiger charge is 2.14. The predicted molar refractivity (Wildman–Crippen MR) is 201 cm³/mol. The Kier molecular flexibility index (Phi) is 13.9. The molecule has 0 aliphatic carbocycles. The van der Waals surface area contributed by atoms with E-state index in [9.17, 15) is 9.59 Å². The molecule has 0 aliphatic heterocycles. The minimum absolute atomic E-state index is 0.0106. The van der Waals surface area contributed by atoms with Gasteiger partial charge in [0.2, 0.25) is 13.6 Å². The lowest BCUT2D eigenvalue weighted by atomic mass is 10.1. The van der Waals surface area contributed by atoms with Gasteiger partial charge in [-0.3, -0.25) is 0 Å². The molecule has 0 N–H and O–H groups in total. The van der Waals surface area contributed by atoms with Crippen molar-refractivity contribution in [3.63, 3.8) is 0 Å². The molecule has 270 valence electrons. The van der Waals surface area contributed by atoms with Gasteiger partial charge in [0.25, 0.3) is 0 Å². The molecule has 0 aromatic heterocycles. The number of hydrogen-bond acceptors (Lipinski definition) is 9. The number of unbranched alkanes of at least 4 members (excludes halogenated alkanes) is 3. The largest absolute Gasteiger partial charge is 0.494 e. The van der Waals surface area contributed by atoms with Crippen molar-refractivity contribution in [2.45, 2.75) is 45.4 Å². The Labute approximate surface area is 304 Å². The molecule has 0 bridgehead atoms. The lowest BCUT2D eigenvalue weighted by molar-refractivity contribution is -0.137. The van der Waals surface area contributed by atoms with E-state index in [1.807, 2.05) is 72.8 Å². The minimum Gasteiger partial charge on any atom is -0.494 e. The predicted octanol–water partition coefficient (Wildman–Crippen LogP) is 9.74. The fourth-order valence-corrected chi connectivity index (χ4v) is 5.49. The Balaban J connectivity index is 1.11. The third kappa shape index (κ3) is 11.0. The molecule has 0 amide bonds. The van der Waals surface area contributed by atoms with E-state index in [1.54, 1.807) is 18.2 Å². The molecule has 0 heterocycles. The van der Waals surface area contributed by atoms with Gasteiger partial charge in [0.05, 0.1) is 25.0 Å².